The molecule has 2 heterocycles. The molecule has 2 saturated heterocycles. The number of likely N-dealkylation sites (N-methyl/N-ethyl adjacent to an activating group) is 1. The second-order valence-corrected chi connectivity index (χ2v) is 3.39. The lowest BCUT2D eigenvalue weighted by Crippen LogP contribution is -2.68. The van der Waals surface area contributed by atoms with Gasteiger partial charge >= 0.3 is 0 Å². The summed E-state index contributed by atoms with van der Waals surface area (Å²) in [6.07, 6.45) is -2.16. The van der Waals surface area contributed by atoms with Crippen LogP contribution >= 0.6 is 0 Å². The van der Waals surface area contributed by atoms with Crippen molar-refractivity contribution in [3.63, 3.8) is 0 Å². The fourth-order valence-corrected chi connectivity index (χ4v) is 2.06. The molecule has 12 heavy (non-hydrogen) atoms. The van der Waals surface area contributed by atoms with Crippen LogP contribution in [0, 0.1) is 0 Å². The van der Waals surface area contributed by atoms with E-state index in [1.165, 1.54) is 0 Å². The number of aliphatic hydroxyl groups is 3. The molecule has 5 heteroatoms. The summed E-state index contributed by atoms with van der Waals surface area (Å²) in [5, 5.41) is 27.4. The monoisotopic (exact) mass is 175 g/mol. The van der Waals surface area contributed by atoms with E-state index >= 15 is 0 Å². The standard InChI is InChI=1S/C7H13NO4/c1-8-3(2-9)6-4(8)5(10)7(11)12-6/h3-7,9-11H,2H2,1H3/t3-,4+,5+,6+,7?/m1/s1. The third-order valence-electron chi connectivity index (χ3n) is 2.83. The second kappa shape index (κ2) is 2.65. The highest BCUT2D eigenvalue weighted by Gasteiger charge is 2.57. The van der Waals surface area contributed by atoms with Crippen LogP contribution in [0.15, 0.2) is 0 Å². The highest BCUT2D eigenvalue weighted by Crippen LogP contribution is 2.36. The average molecular weight is 175 g/mol. The molecule has 2 aliphatic heterocycles. The molecule has 0 spiro atoms. The second-order valence-electron chi connectivity index (χ2n) is 3.39. The molecular weight excluding hydrogens is 162 g/mol. The summed E-state index contributed by atoms with van der Waals surface area (Å²) in [6.45, 7) is -0.00287. The van der Waals surface area contributed by atoms with Gasteiger partial charge in [0.2, 0.25) is 0 Å². The Bertz CT molecular complexity index is 188. The quantitative estimate of drug-likeness (QED) is 0.419. The van der Waals surface area contributed by atoms with Gasteiger partial charge in [0.25, 0.3) is 0 Å². The Balaban J connectivity index is 2.08. The van der Waals surface area contributed by atoms with Gasteiger partial charge in [0.05, 0.1) is 24.8 Å². The Morgan fingerprint density at radius 2 is 2.08 bits per heavy atom. The van der Waals surface area contributed by atoms with Crippen LogP contribution in [0.25, 0.3) is 0 Å². The largest absolute Gasteiger partial charge is 0.395 e. The van der Waals surface area contributed by atoms with E-state index in [4.69, 9.17) is 14.9 Å². The number of nitrogens with zero attached hydrogens (tertiary/aromatic N) is 1. The third-order valence-corrected chi connectivity index (χ3v) is 2.83. The Hall–Kier alpha value is -0.200. The molecule has 0 saturated carbocycles. The van der Waals surface area contributed by atoms with Crippen LogP contribution in [0.3, 0.4) is 0 Å². The minimum atomic E-state index is -1.10. The summed E-state index contributed by atoms with van der Waals surface area (Å²) in [7, 11) is 1.80. The van der Waals surface area contributed by atoms with E-state index in [9.17, 15) is 5.11 Å². The number of rotatable bonds is 1. The number of aliphatic hydroxyl groups excluding tert-OH is 3. The molecule has 0 amide bonds. The summed E-state index contributed by atoms with van der Waals surface area (Å²) < 4.78 is 5.05. The highest BCUT2D eigenvalue weighted by molar-refractivity contribution is 5.08. The maximum Gasteiger partial charge on any atom is 0.182 e. The fraction of sp³-hybridized carbons (Fsp3) is 1.00. The van der Waals surface area contributed by atoms with Gasteiger partial charge in [0.1, 0.15) is 6.10 Å². The minimum absolute atomic E-state index is 0.00287. The molecule has 5 nitrogen and oxygen atoms in total. The zero-order valence-electron chi connectivity index (χ0n) is 6.79. The SMILES string of the molecule is CN1[C@@H]2[C@@H](OC(O)[C@H]2O)[C@H]1CO. The molecule has 2 fully saturated rings. The Morgan fingerprint density at radius 3 is 2.67 bits per heavy atom. The van der Waals surface area contributed by atoms with Crippen molar-refractivity contribution >= 4 is 0 Å². The molecular formula is C7H13NO4. The van der Waals surface area contributed by atoms with Gasteiger partial charge < -0.3 is 20.1 Å². The van der Waals surface area contributed by atoms with Crippen molar-refractivity contribution in [2.24, 2.45) is 0 Å². The summed E-state index contributed by atoms with van der Waals surface area (Å²) in [5.41, 5.74) is 0. The van der Waals surface area contributed by atoms with Gasteiger partial charge in [-0.3, -0.25) is 4.90 Å². The molecule has 0 bridgehead atoms. The van der Waals surface area contributed by atoms with E-state index in [-0.39, 0.29) is 24.8 Å². The lowest BCUT2D eigenvalue weighted by atomic mass is 9.89. The third kappa shape index (κ3) is 0.855. The molecule has 3 N–H and O–H groups in total. The van der Waals surface area contributed by atoms with Crippen molar-refractivity contribution in [3.8, 4) is 0 Å². The molecule has 70 valence electrons. The number of hydrogen-bond donors (Lipinski definition) is 3. The van der Waals surface area contributed by atoms with Crippen molar-refractivity contribution in [3.05, 3.63) is 0 Å². The normalized spacial score (nSPS) is 53.5. The van der Waals surface area contributed by atoms with E-state index in [1.54, 1.807) is 7.05 Å². The maximum absolute atomic E-state index is 9.37. The molecule has 0 radical (unpaired) electrons. The molecule has 1 unspecified atom stereocenters. The molecule has 0 aromatic carbocycles. The van der Waals surface area contributed by atoms with E-state index < -0.39 is 12.4 Å². The lowest BCUT2D eigenvalue weighted by Gasteiger charge is -2.48. The van der Waals surface area contributed by atoms with Crippen LogP contribution < -0.4 is 0 Å². The summed E-state index contributed by atoms with van der Waals surface area (Å²) in [6, 6.07) is -0.237. The zero-order valence-corrected chi connectivity index (χ0v) is 6.79. The van der Waals surface area contributed by atoms with E-state index in [0.717, 1.165) is 0 Å². The Labute approximate surface area is 70.2 Å². The smallest absolute Gasteiger partial charge is 0.182 e. The van der Waals surface area contributed by atoms with Crippen LogP contribution in [-0.4, -0.2) is 64.5 Å². The van der Waals surface area contributed by atoms with E-state index in [2.05, 4.69) is 0 Å². The van der Waals surface area contributed by atoms with Gasteiger partial charge in [0, 0.05) is 0 Å². The van der Waals surface area contributed by atoms with Crippen LogP contribution in [-0.2, 0) is 4.74 Å². The summed E-state index contributed by atoms with van der Waals surface area (Å²) in [4.78, 5) is 1.82. The zero-order chi connectivity index (χ0) is 8.88. The van der Waals surface area contributed by atoms with E-state index in [1.807, 2.05) is 4.90 Å². The Morgan fingerprint density at radius 1 is 1.42 bits per heavy atom. The number of ether oxygens (including phenoxy) is 1. The van der Waals surface area contributed by atoms with Crippen molar-refractivity contribution in [1.82, 2.24) is 4.90 Å². The lowest BCUT2D eigenvalue weighted by molar-refractivity contribution is -0.155. The van der Waals surface area contributed by atoms with Crippen molar-refractivity contribution in [2.75, 3.05) is 13.7 Å². The van der Waals surface area contributed by atoms with Crippen LogP contribution in [0.1, 0.15) is 0 Å². The van der Waals surface area contributed by atoms with E-state index in [0.29, 0.717) is 0 Å². The number of hydrogen-bond acceptors (Lipinski definition) is 5. The molecule has 0 aliphatic carbocycles. The molecule has 5 atom stereocenters. The van der Waals surface area contributed by atoms with Crippen molar-refractivity contribution in [2.45, 2.75) is 30.6 Å². The highest BCUT2D eigenvalue weighted by atomic mass is 16.6. The predicted molar refractivity (Wildman–Crippen MR) is 39.3 cm³/mol. The van der Waals surface area contributed by atoms with Gasteiger partial charge in [-0.25, -0.2) is 0 Å². The average Bonchev–Trinajstić information content (AvgIpc) is 2.27. The topological polar surface area (TPSA) is 73.2 Å². The summed E-state index contributed by atoms with van der Waals surface area (Å²) >= 11 is 0. The Kier molecular flexibility index (Phi) is 1.85. The van der Waals surface area contributed by atoms with Crippen LogP contribution in [0.5, 0.6) is 0 Å². The molecule has 0 aromatic heterocycles. The fourth-order valence-electron chi connectivity index (χ4n) is 2.06. The first-order valence-electron chi connectivity index (χ1n) is 4.01. The first-order valence-corrected chi connectivity index (χ1v) is 4.01. The van der Waals surface area contributed by atoms with Crippen LogP contribution in [0.2, 0.25) is 0 Å². The van der Waals surface area contributed by atoms with Gasteiger partial charge in [-0.2, -0.15) is 0 Å². The predicted octanol–water partition coefficient (Wildman–Crippen LogP) is -2.26. The molecule has 2 rings (SSSR count). The van der Waals surface area contributed by atoms with Gasteiger partial charge in [-0.15, -0.1) is 0 Å². The van der Waals surface area contributed by atoms with Gasteiger partial charge in [-0.1, -0.05) is 0 Å². The first-order chi connectivity index (χ1) is 5.66. The minimum Gasteiger partial charge on any atom is -0.395 e. The van der Waals surface area contributed by atoms with Gasteiger partial charge in [-0.05, 0) is 7.05 Å². The number of fused-ring (bicyclic) bond motifs is 1. The molecule has 2 aliphatic rings. The maximum atomic E-state index is 9.37. The van der Waals surface area contributed by atoms with Crippen LogP contribution in [0.4, 0.5) is 0 Å². The van der Waals surface area contributed by atoms with Crippen molar-refractivity contribution in [1.29, 1.82) is 0 Å². The number of likely N-dealkylation sites (tertiary alicyclic amines) is 1. The van der Waals surface area contributed by atoms with Gasteiger partial charge in [0.15, 0.2) is 6.29 Å². The first kappa shape index (κ1) is 8.40. The summed E-state index contributed by atoms with van der Waals surface area (Å²) in [5.74, 6) is 0. The van der Waals surface area contributed by atoms with Crippen molar-refractivity contribution < 1.29 is 20.1 Å². The molecule has 0 aromatic rings.